The number of hydrogen-bond acceptors (Lipinski definition) is 6. The average molecular weight is 398 g/mol. The molecule has 0 fully saturated rings. The maximum absolute atomic E-state index is 12.2. The van der Waals surface area contributed by atoms with Crippen molar-refractivity contribution in [3.63, 3.8) is 0 Å². The fourth-order valence-electron chi connectivity index (χ4n) is 2.51. The SMILES string of the molecule is O=C(OCc1csc(-c2ccc(Cl)cc2)n1)c1cc(=O)c2ccccc2o1. The van der Waals surface area contributed by atoms with E-state index >= 15 is 0 Å². The van der Waals surface area contributed by atoms with Gasteiger partial charge < -0.3 is 9.15 Å². The number of hydrogen-bond donors (Lipinski definition) is 0. The third-order valence-corrected chi connectivity index (χ3v) is 5.02. The average Bonchev–Trinajstić information content (AvgIpc) is 3.15. The Morgan fingerprint density at radius 2 is 1.93 bits per heavy atom. The molecular formula is C20H12ClNO4S. The summed E-state index contributed by atoms with van der Waals surface area (Å²) in [4.78, 5) is 28.8. The summed E-state index contributed by atoms with van der Waals surface area (Å²) in [6.07, 6.45) is 0. The van der Waals surface area contributed by atoms with Gasteiger partial charge in [-0.05, 0) is 24.3 Å². The summed E-state index contributed by atoms with van der Waals surface area (Å²) < 4.78 is 10.7. The number of fused-ring (bicyclic) bond motifs is 1. The Hall–Kier alpha value is -2.96. The van der Waals surface area contributed by atoms with Crippen molar-refractivity contribution in [3.8, 4) is 10.6 Å². The number of carbonyl (C=O) groups is 1. The van der Waals surface area contributed by atoms with Crippen molar-refractivity contribution < 1.29 is 13.9 Å². The van der Waals surface area contributed by atoms with Crippen LogP contribution >= 0.6 is 22.9 Å². The predicted molar refractivity (Wildman–Crippen MR) is 104 cm³/mol. The fourth-order valence-corrected chi connectivity index (χ4v) is 3.45. The number of nitrogens with zero attached hydrogens (tertiary/aromatic N) is 1. The van der Waals surface area contributed by atoms with E-state index in [4.69, 9.17) is 20.8 Å². The third kappa shape index (κ3) is 3.77. The molecule has 0 atom stereocenters. The van der Waals surface area contributed by atoms with Crippen LogP contribution in [0.15, 0.2) is 69.2 Å². The van der Waals surface area contributed by atoms with E-state index in [2.05, 4.69) is 4.98 Å². The van der Waals surface area contributed by atoms with Gasteiger partial charge in [-0.3, -0.25) is 4.79 Å². The van der Waals surface area contributed by atoms with Crippen molar-refractivity contribution in [3.05, 3.63) is 86.7 Å². The summed E-state index contributed by atoms with van der Waals surface area (Å²) in [6, 6.07) is 15.2. The Morgan fingerprint density at radius 1 is 1.15 bits per heavy atom. The second-order valence-corrected chi connectivity index (χ2v) is 6.99. The summed E-state index contributed by atoms with van der Waals surface area (Å²) in [7, 11) is 0. The first-order valence-corrected chi connectivity index (χ1v) is 9.26. The lowest BCUT2D eigenvalue weighted by molar-refractivity contribution is 0.0432. The number of aromatic nitrogens is 1. The molecule has 4 aromatic rings. The lowest BCUT2D eigenvalue weighted by Crippen LogP contribution is -2.10. The van der Waals surface area contributed by atoms with E-state index < -0.39 is 5.97 Å². The molecule has 2 aromatic heterocycles. The van der Waals surface area contributed by atoms with E-state index in [0.717, 1.165) is 16.6 Å². The molecule has 0 amide bonds. The number of carbonyl (C=O) groups excluding carboxylic acids is 1. The monoisotopic (exact) mass is 397 g/mol. The number of ether oxygens (including phenoxy) is 1. The molecule has 0 bridgehead atoms. The van der Waals surface area contributed by atoms with E-state index in [-0.39, 0.29) is 17.8 Å². The minimum absolute atomic E-state index is 0.0144. The first-order chi connectivity index (χ1) is 13.1. The highest BCUT2D eigenvalue weighted by Crippen LogP contribution is 2.25. The van der Waals surface area contributed by atoms with Crippen LogP contribution in [0.2, 0.25) is 5.02 Å². The Labute approximate surface area is 162 Å². The summed E-state index contributed by atoms with van der Waals surface area (Å²) in [5, 5.41) is 3.69. The van der Waals surface area contributed by atoms with Crippen LogP contribution in [0.4, 0.5) is 0 Å². The quantitative estimate of drug-likeness (QED) is 0.457. The zero-order valence-corrected chi connectivity index (χ0v) is 15.4. The Morgan fingerprint density at radius 3 is 2.74 bits per heavy atom. The van der Waals surface area contributed by atoms with Gasteiger partial charge >= 0.3 is 5.97 Å². The molecule has 0 saturated heterocycles. The van der Waals surface area contributed by atoms with Crippen LogP contribution in [0.3, 0.4) is 0 Å². The van der Waals surface area contributed by atoms with Gasteiger partial charge in [0.05, 0.1) is 11.1 Å². The van der Waals surface area contributed by atoms with E-state index in [1.807, 2.05) is 17.5 Å². The zero-order chi connectivity index (χ0) is 18.8. The molecule has 0 aliphatic carbocycles. The molecule has 0 N–H and O–H groups in total. The van der Waals surface area contributed by atoms with Crippen molar-refractivity contribution in [2.45, 2.75) is 6.61 Å². The molecule has 134 valence electrons. The molecule has 0 aliphatic heterocycles. The van der Waals surface area contributed by atoms with Crippen LogP contribution < -0.4 is 5.43 Å². The van der Waals surface area contributed by atoms with E-state index in [1.54, 1.807) is 36.4 Å². The number of para-hydroxylation sites is 1. The minimum Gasteiger partial charge on any atom is -0.453 e. The van der Waals surface area contributed by atoms with Crippen LogP contribution in [-0.4, -0.2) is 11.0 Å². The first-order valence-electron chi connectivity index (χ1n) is 8.00. The van der Waals surface area contributed by atoms with Crippen LogP contribution in [-0.2, 0) is 11.3 Å². The maximum Gasteiger partial charge on any atom is 0.374 e. The van der Waals surface area contributed by atoms with Crippen molar-refractivity contribution in [2.75, 3.05) is 0 Å². The van der Waals surface area contributed by atoms with Gasteiger partial charge in [0.25, 0.3) is 0 Å². The molecule has 2 aromatic carbocycles. The van der Waals surface area contributed by atoms with Gasteiger partial charge in [0, 0.05) is 22.0 Å². The predicted octanol–water partition coefficient (Wildman–Crippen LogP) is 4.93. The second kappa shape index (κ2) is 7.34. The molecule has 0 aliphatic rings. The van der Waals surface area contributed by atoms with Crippen LogP contribution in [0.5, 0.6) is 0 Å². The smallest absolute Gasteiger partial charge is 0.374 e. The molecule has 0 spiro atoms. The summed E-state index contributed by atoms with van der Waals surface area (Å²) in [6.45, 7) is -0.0144. The van der Waals surface area contributed by atoms with E-state index in [0.29, 0.717) is 21.7 Å². The Balaban J connectivity index is 1.48. The molecule has 0 unspecified atom stereocenters. The highest BCUT2D eigenvalue weighted by Gasteiger charge is 2.15. The van der Waals surface area contributed by atoms with Gasteiger partial charge in [-0.2, -0.15) is 0 Å². The van der Waals surface area contributed by atoms with Gasteiger partial charge in [0.2, 0.25) is 5.76 Å². The Bertz CT molecular complexity index is 1180. The zero-order valence-electron chi connectivity index (χ0n) is 13.8. The van der Waals surface area contributed by atoms with Crippen molar-refractivity contribution in [1.29, 1.82) is 0 Å². The fraction of sp³-hybridized carbons (Fsp3) is 0.0500. The van der Waals surface area contributed by atoms with Crippen LogP contribution in [0.25, 0.3) is 21.5 Å². The number of thiazole rings is 1. The van der Waals surface area contributed by atoms with E-state index in [1.165, 1.54) is 11.3 Å². The molecule has 5 nitrogen and oxygen atoms in total. The highest BCUT2D eigenvalue weighted by atomic mass is 35.5. The van der Waals surface area contributed by atoms with Gasteiger partial charge in [-0.25, -0.2) is 9.78 Å². The molecular weight excluding hydrogens is 386 g/mol. The van der Waals surface area contributed by atoms with Crippen LogP contribution in [0.1, 0.15) is 16.2 Å². The molecule has 27 heavy (non-hydrogen) atoms. The molecule has 2 heterocycles. The Kier molecular flexibility index (Phi) is 4.75. The highest BCUT2D eigenvalue weighted by molar-refractivity contribution is 7.13. The van der Waals surface area contributed by atoms with Gasteiger partial charge in [-0.15, -0.1) is 11.3 Å². The summed E-state index contributed by atoms with van der Waals surface area (Å²) in [5.74, 6) is -0.842. The molecule has 7 heteroatoms. The van der Waals surface area contributed by atoms with Crippen molar-refractivity contribution in [1.82, 2.24) is 4.98 Å². The van der Waals surface area contributed by atoms with E-state index in [9.17, 15) is 9.59 Å². The molecule has 0 saturated carbocycles. The molecule has 4 rings (SSSR count). The lowest BCUT2D eigenvalue weighted by Gasteiger charge is -2.03. The third-order valence-electron chi connectivity index (χ3n) is 3.83. The topological polar surface area (TPSA) is 69.4 Å². The lowest BCUT2D eigenvalue weighted by atomic mass is 10.2. The number of benzene rings is 2. The van der Waals surface area contributed by atoms with Gasteiger partial charge in [0.15, 0.2) is 5.43 Å². The normalized spacial score (nSPS) is 10.9. The number of halogens is 1. The van der Waals surface area contributed by atoms with Crippen LogP contribution in [0, 0.1) is 0 Å². The maximum atomic E-state index is 12.2. The van der Waals surface area contributed by atoms with Gasteiger partial charge in [-0.1, -0.05) is 35.9 Å². The van der Waals surface area contributed by atoms with Crippen molar-refractivity contribution >= 4 is 39.9 Å². The number of esters is 1. The summed E-state index contributed by atoms with van der Waals surface area (Å²) in [5.41, 5.74) is 1.60. The second-order valence-electron chi connectivity index (χ2n) is 5.70. The largest absolute Gasteiger partial charge is 0.453 e. The molecule has 0 radical (unpaired) electrons. The first kappa shape index (κ1) is 17.5. The standard InChI is InChI=1S/C20H12ClNO4S/c21-13-7-5-12(6-8-13)19-22-14(11-27-19)10-25-20(24)18-9-16(23)15-3-1-2-4-17(15)26-18/h1-9,11H,10H2. The minimum atomic E-state index is -0.709. The summed E-state index contributed by atoms with van der Waals surface area (Å²) >= 11 is 7.33. The number of rotatable bonds is 4. The van der Waals surface area contributed by atoms with Gasteiger partial charge in [0.1, 0.15) is 17.2 Å². The van der Waals surface area contributed by atoms with Crippen molar-refractivity contribution in [2.24, 2.45) is 0 Å².